The minimum Gasteiger partial charge on any atom is -0.393 e. The van der Waals surface area contributed by atoms with Gasteiger partial charge in [0.15, 0.2) is 0 Å². The van der Waals surface area contributed by atoms with Gasteiger partial charge in [-0.25, -0.2) is 0 Å². The smallest absolute Gasteiger partial charge is 0.0719 e. The Morgan fingerprint density at radius 1 is 1.33 bits per heavy atom. The van der Waals surface area contributed by atoms with Crippen LogP contribution in [0.1, 0.15) is 24.6 Å². The van der Waals surface area contributed by atoms with Crippen molar-refractivity contribution in [3.8, 4) is 0 Å². The molecule has 1 aromatic carbocycles. The number of aromatic nitrogens is 1. The van der Waals surface area contributed by atoms with Crippen LogP contribution in [0.4, 0.5) is 0 Å². The summed E-state index contributed by atoms with van der Waals surface area (Å²) < 4.78 is 0. The fourth-order valence-corrected chi connectivity index (χ4v) is 2.50. The van der Waals surface area contributed by atoms with Gasteiger partial charge in [-0.15, -0.1) is 11.8 Å². The highest BCUT2D eigenvalue weighted by Gasteiger charge is 2.07. The van der Waals surface area contributed by atoms with E-state index in [1.807, 2.05) is 6.92 Å². The number of aliphatic hydroxyl groups is 1. The van der Waals surface area contributed by atoms with Crippen molar-refractivity contribution in [3.05, 3.63) is 35.5 Å². The molecule has 2 nitrogen and oxygen atoms in total. The Morgan fingerprint density at radius 2 is 2.11 bits per heavy atom. The molecule has 0 saturated heterocycles. The molecule has 0 spiro atoms. The molecule has 1 N–H and O–H groups in total. The number of benzene rings is 1. The zero-order valence-corrected chi connectivity index (χ0v) is 11.9. The van der Waals surface area contributed by atoms with Crippen molar-refractivity contribution in [2.45, 2.75) is 37.7 Å². The van der Waals surface area contributed by atoms with Crippen LogP contribution in [0.15, 0.2) is 29.2 Å². The first-order valence-corrected chi connectivity index (χ1v) is 7.49. The van der Waals surface area contributed by atoms with Crippen molar-refractivity contribution >= 4 is 22.7 Å². The molecular weight excluding hydrogens is 242 g/mol. The second-order valence-corrected chi connectivity index (χ2v) is 5.46. The van der Waals surface area contributed by atoms with E-state index >= 15 is 0 Å². The molecule has 2 rings (SSSR count). The summed E-state index contributed by atoms with van der Waals surface area (Å²) in [5, 5.41) is 10.9. The summed E-state index contributed by atoms with van der Waals surface area (Å²) >= 11 is 1.72. The normalized spacial score (nSPS) is 12.9. The summed E-state index contributed by atoms with van der Waals surface area (Å²) in [4.78, 5) is 5.88. The van der Waals surface area contributed by atoms with Crippen LogP contribution < -0.4 is 0 Å². The SMILES string of the molecule is CC[C@H](O)Cc1cc(C)c2ccc(SC)cc2n1. The minimum absolute atomic E-state index is 0.293. The number of hydrogen-bond donors (Lipinski definition) is 1. The highest BCUT2D eigenvalue weighted by molar-refractivity contribution is 7.98. The fourth-order valence-electron chi connectivity index (χ4n) is 2.07. The molecule has 1 heterocycles. The zero-order valence-electron chi connectivity index (χ0n) is 11.1. The summed E-state index contributed by atoms with van der Waals surface area (Å²) in [6, 6.07) is 8.46. The molecule has 0 aliphatic heterocycles. The third-order valence-electron chi connectivity index (χ3n) is 3.19. The standard InChI is InChI=1S/C15H19NOS/c1-4-12(17)8-11-7-10(2)14-6-5-13(18-3)9-15(14)16-11/h5-7,9,12,17H,4,8H2,1-3H3/t12-/m0/s1. The lowest BCUT2D eigenvalue weighted by molar-refractivity contribution is 0.169. The number of nitrogens with zero attached hydrogens (tertiary/aromatic N) is 1. The second kappa shape index (κ2) is 5.72. The maximum absolute atomic E-state index is 9.73. The Hall–Kier alpha value is -1.06. The molecular formula is C15H19NOS. The molecule has 2 aromatic rings. The van der Waals surface area contributed by atoms with Crippen molar-refractivity contribution in [1.82, 2.24) is 4.98 Å². The summed E-state index contributed by atoms with van der Waals surface area (Å²) in [5.74, 6) is 0. The van der Waals surface area contributed by atoms with Gasteiger partial charge in [0.2, 0.25) is 0 Å². The van der Waals surface area contributed by atoms with Crippen molar-refractivity contribution in [1.29, 1.82) is 0 Å². The van der Waals surface area contributed by atoms with Gasteiger partial charge < -0.3 is 5.11 Å². The molecule has 0 radical (unpaired) electrons. The Balaban J connectivity index is 2.45. The van der Waals surface area contributed by atoms with Crippen molar-refractivity contribution in [3.63, 3.8) is 0 Å². The monoisotopic (exact) mass is 261 g/mol. The Labute approximate surface area is 112 Å². The number of aliphatic hydroxyl groups excluding tert-OH is 1. The molecule has 1 atom stereocenters. The van der Waals surface area contributed by atoms with Gasteiger partial charge in [-0.05, 0) is 43.4 Å². The summed E-state index contributed by atoms with van der Waals surface area (Å²) in [5.41, 5.74) is 3.23. The predicted octanol–water partition coefficient (Wildman–Crippen LogP) is 3.58. The first-order chi connectivity index (χ1) is 8.63. The molecule has 0 saturated carbocycles. The average molecular weight is 261 g/mol. The third-order valence-corrected chi connectivity index (χ3v) is 3.92. The maximum atomic E-state index is 9.73. The van der Waals surface area contributed by atoms with Crippen LogP contribution in [0.5, 0.6) is 0 Å². The first kappa shape index (κ1) is 13.4. The number of thioether (sulfide) groups is 1. The van der Waals surface area contributed by atoms with Gasteiger partial charge in [0.25, 0.3) is 0 Å². The van der Waals surface area contributed by atoms with E-state index in [4.69, 9.17) is 0 Å². The molecule has 18 heavy (non-hydrogen) atoms. The second-order valence-electron chi connectivity index (χ2n) is 4.58. The summed E-state index contributed by atoms with van der Waals surface area (Å²) in [6.45, 7) is 4.09. The van der Waals surface area contributed by atoms with Gasteiger partial charge in [0.05, 0.1) is 11.6 Å². The highest BCUT2D eigenvalue weighted by atomic mass is 32.2. The van der Waals surface area contributed by atoms with Gasteiger partial charge in [0.1, 0.15) is 0 Å². The molecule has 0 unspecified atom stereocenters. The van der Waals surface area contributed by atoms with E-state index in [0.29, 0.717) is 6.42 Å². The van der Waals surface area contributed by atoms with E-state index in [-0.39, 0.29) is 6.10 Å². The minimum atomic E-state index is -0.293. The molecule has 0 aliphatic rings. The molecule has 96 valence electrons. The largest absolute Gasteiger partial charge is 0.393 e. The van der Waals surface area contributed by atoms with Gasteiger partial charge in [0, 0.05) is 22.4 Å². The molecule has 0 amide bonds. The Kier molecular flexibility index (Phi) is 4.25. The lowest BCUT2D eigenvalue weighted by atomic mass is 10.1. The summed E-state index contributed by atoms with van der Waals surface area (Å²) in [7, 11) is 0. The Morgan fingerprint density at radius 3 is 2.78 bits per heavy atom. The quantitative estimate of drug-likeness (QED) is 0.854. The van der Waals surface area contributed by atoms with Crippen molar-refractivity contribution < 1.29 is 5.11 Å². The topological polar surface area (TPSA) is 33.1 Å². The Bertz CT molecular complexity index is 553. The number of pyridine rings is 1. The maximum Gasteiger partial charge on any atom is 0.0719 e. The lowest BCUT2D eigenvalue weighted by Crippen LogP contribution is -2.10. The molecule has 0 fully saturated rings. The lowest BCUT2D eigenvalue weighted by Gasteiger charge is -2.10. The zero-order chi connectivity index (χ0) is 13.1. The van der Waals surface area contributed by atoms with Crippen LogP contribution >= 0.6 is 11.8 Å². The number of hydrogen-bond acceptors (Lipinski definition) is 3. The average Bonchev–Trinajstić information content (AvgIpc) is 2.37. The molecule has 0 aliphatic carbocycles. The van der Waals surface area contributed by atoms with Crippen LogP contribution in [0.2, 0.25) is 0 Å². The van der Waals surface area contributed by atoms with E-state index in [1.165, 1.54) is 15.8 Å². The van der Waals surface area contributed by atoms with Crippen LogP contribution in [0.25, 0.3) is 10.9 Å². The fraction of sp³-hybridized carbons (Fsp3) is 0.400. The van der Waals surface area contributed by atoms with Crippen LogP contribution in [-0.4, -0.2) is 22.5 Å². The molecule has 3 heteroatoms. The van der Waals surface area contributed by atoms with E-state index < -0.39 is 0 Å². The van der Waals surface area contributed by atoms with E-state index in [0.717, 1.165) is 17.6 Å². The number of fused-ring (bicyclic) bond motifs is 1. The van der Waals surface area contributed by atoms with Crippen LogP contribution in [0.3, 0.4) is 0 Å². The first-order valence-electron chi connectivity index (χ1n) is 6.26. The van der Waals surface area contributed by atoms with Crippen LogP contribution in [-0.2, 0) is 6.42 Å². The third kappa shape index (κ3) is 2.85. The highest BCUT2D eigenvalue weighted by Crippen LogP contribution is 2.24. The van der Waals surface area contributed by atoms with E-state index in [1.54, 1.807) is 11.8 Å². The number of aryl methyl sites for hydroxylation is 1. The number of rotatable bonds is 4. The summed E-state index contributed by atoms with van der Waals surface area (Å²) in [6.07, 6.45) is 3.18. The van der Waals surface area contributed by atoms with E-state index in [2.05, 4.69) is 42.4 Å². The molecule has 0 bridgehead atoms. The predicted molar refractivity (Wildman–Crippen MR) is 78.3 cm³/mol. The van der Waals surface area contributed by atoms with E-state index in [9.17, 15) is 5.11 Å². The van der Waals surface area contributed by atoms with Crippen molar-refractivity contribution in [2.75, 3.05) is 6.26 Å². The molecule has 1 aromatic heterocycles. The van der Waals surface area contributed by atoms with Crippen molar-refractivity contribution in [2.24, 2.45) is 0 Å². The van der Waals surface area contributed by atoms with Crippen LogP contribution in [0, 0.1) is 6.92 Å². The van der Waals surface area contributed by atoms with Gasteiger partial charge in [-0.2, -0.15) is 0 Å². The van der Waals surface area contributed by atoms with Gasteiger partial charge in [-0.1, -0.05) is 13.0 Å². The van der Waals surface area contributed by atoms with Gasteiger partial charge >= 0.3 is 0 Å². The van der Waals surface area contributed by atoms with Gasteiger partial charge in [-0.3, -0.25) is 4.98 Å².